The van der Waals surface area contributed by atoms with Crippen molar-refractivity contribution in [2.45, 2.75) is 164 Å². The number of rotatable bonds is 28. The molecule has 0 aromatic heterocycles. The minimum absolute atomic E-state index is 0.0642. The normalized spacial score (nSPS) is 29.4. The van der Waals surface area contributed by atoms with Gasteiger partial charge in [-0.15, -0.1) is 0 Å². The van der Waals surface area contributed by atoms with E-state index in [0.29, 0.717) is 0 Å². The highest BCUT2D eigenvalue weighted by atomic mass is 16.7. The summed E-state index contributed by atoms with van der Waals surface area (Å²) in [5, 5.41) is 106. The summed E-state index contributed by atoms with van der Waals surface area (Å²) in [4.78, 5) is 37.3. The number of carbonyl (C=O) groups excluding carboxylic acids is 2. The lowest BCUT2D eigenvalue weighted by Crippen LogP contribution is -2.59. The molecule has 0 aromatic carbocycles. The molecule has 0 bridgehead atoms. The Labute approximate surface area is 381 Å². The standard InChI is InChI=1S/C47H73NO17/c1-6-7-8-9-10-11-12-13-14-15-16-17-18-34(64-46-44(58)42(48)38(55)27-62-46)24-39-41(45(59)60)37(54)26-47(61,65-39)25-36(53)35(52)20-19-31(49)21-32(50)22-33(51)23-40(56)63-30(5)29(4)43(57)28(2)3/h6-18,28-31,33-39,41-44,46,49,51-55,57-58,61H,1,19-27,48H2,2-5H3,(H,59,60)/b8-7+,10-9+,12-11+,14-13+,16-15+,18-17+/t29?,30?,31?,33?,34?,35?,36?,37?,38-,39?,41?,42+,43?,44+,46?,47?/m1/s1. The average molecular weight is 924 g/mol. The number of carbonyl (C=O) groups is 3. The first-order chi connectivity index (χ1) is 30.6. The highest BCUT2D eigenvalue weighted by molar-refractivity contribution is 5.80. The van der Waals surface area contributed by atoms with Crippen molar-refractivity contribution in [1.82, 2.24) is 0 Å². The zero-order chi connectivity index (χ0) is 48.9. The van der Waals surface area contributed by atoms with Gasteiger partial charge >= 0.3 is 11.9 Å². The summed E-state index contributed by atoms with van der Waals surface area (Å²) in [5.41, 5.74) is 5.92. The third kappa shape index (κ3) is 20.8. The van der Waals surface area contributed by atoms with E-state index in [9.17, 15) is 65.4 Å². The van der Waals surface area contributed by atoms with Gasteiger partial charge in [-0.1, -0.05) is 106 Å². The lowest BCUT2D eigenvalue weighted by Gasteiger charge is -2.45. The quantitative estimate of drug-likeness (QED) is 0.0388. The monoisotopic (exact) mass is 923 g/mol. The van der Waals surface area contributed by atoms with E-state index in [-0.39, 0.29) is 37.7 Å². The molecule has 2 aliphatic rings. The van der Waals surface area contributed by atoms with E-state index in [2.05, 4.69) is 6.58 Å². The van der Waals surface area contributed by atoms with Crippen LogP contribution in [0.1, 0.15) is 79.1 Å². The topological polar surface area (TPSA) is 316 Å². The van der Waals surface area contributed by atoms with Crippen LogP contribution in [0.3, 0.4) is 0 Å². The van der Waals surface area contributed by atoms with Crippen LogP contribution in [0.15, 0.2) is 85.6 Å². The molecule has 18 nitrogen and oxygen atoms in total. The van der Waals surface area contributed by atoms with Gasteiger partial charge < -0.3 is 75.7 Å². The third-order valence-electron chi connectivity index (χ3n) is 11.3. The second kappa shape index (κ2) is 29.1. The van der Waals surface area contributed by atoms with Crippen molar-refractivity contribution in [3.63, 3.8) is 0 Å². The molecule has 12 N–H and O–H groups in total. The summed E-state index contributed by atoms with van der Waals surface area (Å²) in [7, 11) is 0. The second-order valence-corrected chi connectivity index (χ2v) is 17.2. The molecule has 65 heavy (non-hydrogen) atoms. The summed E-state index contributed by atoms with van der Waals surface area (Å²) >= 11 is 0. The molecule has 2 saturated heterocycles. The van der Waals surface area contributed by atoms with Gasteiger partial charge in [0, 0.05) is 38.0 Å². The van der Waals surface area contributed by atoms with Crippen LogP contribution in [0.2, 0.25) is 0 Å². The molecule has 0 amide bonds. The van der Waals surface area contributed by atoms with Gasteiger partial charge in [-0.25, -0.2) is 0 Å². The van der Waals surface area contributed by atoms with E-state index in [1.165, 1.54) is 6.08 Å². The van der Waals surface area contributed by atoms with Crippen LogP contribution in [0.25, 0.3) is 0 Å². The van der Waals surface area contributed by atoms with Crippen molar-refractivity contribution < 1.29 is 84.4 Å². The number of hydrogen-bond donors (Lipinski definition) is 11. The van der Waals surface area contributed by atoms with E-state index in [4.69, 9.17) is 24.7 Å². The number of carboxylic acid groups (broad SMARTS) is 1. The van der Waals surface area contributed by atoms with Gasteiger partial charge in [0.2, 0.25) is 0 Å². The fourth-order valence-corrected chi connectivity index (χ4v) is 7.35. The molecule has 2 rings (SSSR count). The number of aliphatic hydroxyl groups is 9. The van der Waals surface area contributed by atoms with Crippen LogP contribution < -0.4 is 5.73 Å². The van der Waals surface area contributed by atoms with Crippen LogP contribution in [0.5, 0.6) is 0 Å². The molecule has 16 atom stereocenters. The molecule has 0 radical (unpaired) electrons. The Hall–Kier alpha value is -3.73. The fourth-order valence-electron chi connectivity index (χ4n) is 7.35. The maximum absolute atomic E-state index is 12.6. The highest BCUT2D eigenvalue weighted by Gasteiger charge is 2.51. The summed E-state index contributed by atoms with van der Waals surface area (Å²) in [6, 6.07) is -1.13. The maximum Gasteiger partial charge on any atom is 0.311 e. The molecular formula is C47H73NO17. The number of ketones is 1. The Balaban J connectivity index is 2.06. The van der Waals surface area contributed by atoms with Crippen molar-refractivity contribution in [3.05, 3.63) is 85.6 Å². The van der Waals surface area contributed by atoms with E-state index < -0.39 is 141 Å². The van der Waals surface area contributed by atoms with Crippen molar-refractivity contribution in [1.29, 1.82) is 0 Å². The minimum Gasteiger partial charge on any atom is -0.481 e. The second-order valence-electron chi connectivity index (χ2n) is 17.2. The van der Waals surface area contributed by atoms with Gasteiger partial charge in [0.25, 0.3) is 0 Å². The van der Waals surface area contributed by atoms with Crippen LogP contribution in [-0.4, -0.2) is 161 Å². The van der Waals surface area contributed by atoms with Crippen LogP contribution in [-0.2, 0) is 33.3 Å². The van der Waals surface area contributed by atoms with Crippen molar-refractivity contribution in [2.75, 3.05) is 6.61 Å². The summed E-state index contributed by atoms with van der Waals surface area (Å²) < 4.78 is 22.6. The van der Waals surface area contributed by atoms with Gasteiger partial charge in [-0.05, 0) is 25.7 Å². The van der Waals surface area contributed by atoms with Gasteiger partial charge in [0.05, 0.1) is 74.0 Å². The predicted molar refractivity (Wildman–Crippen MR) is 238 cm³/mol. The number of carboxylic acids is 1. The first-order valence-corrected chi connectivity index (χ1v) is 22.0. The Morgan fingerprint density at radius 1 is 0.800 bits per heavy atom. The van der Waals surface area contributed by atoms with Crippen molar-refractivity contribution >= 4 is 17.7 Å². The molecule has 0 aliphatic carbocycles. The number of Topliss-reactive ketones (excluding diaryl/α,β-unsaturated/α-hetero) is 1. The smallest absolute Gasteiger partial charge is 0.311 e. The first kappa shape index (κ1) is 57.4. The molecule has 0 spiro atoms. The number of aliphatic hydroxyl groups excluding tert-OH is 8. The van der Waals surface area contributed by atoms with Crippen LogP contribution in [0.4, 0.5) is 0 Å². The number of allylic oxidation sites excluding steroid dienone is 12. The number of ether oxygens (including phenoxy) is 4. The molecule has 13 unspecified atom stereocenters. The maximum atomic E-state index is 12.6. The Bertz CT molecular complexity index is 1650. The molecule has 368 valence electrons. The fraction of sp³-hybridized carbons (Fsp3) is 0.638. The number of esters is 1. The summed E-state index contributed by atoms with van der Waals surface area (Å²) in [6.07, 6.45) is 3.15. The first-order valence-electron chi connectivity index (χ1n) is 22.0. The average Bonchev–Trinajstić information content (AvgIpc) is 3.21. The lowest BCUT2D eigenvalue weighted by molar-refractivity contribution is -0.307. The predicted octanol–water partition coefficient (Wildman–Crippen LogP) is 1.17. The molecule has 2 heterocycles. The van der Waals surface area contributed by atoms with E-state index in [0.717, 1.165) is 0 Å². The van der Waals surface area contributed by atoms with E-state index in [1.807, 2.05) is 38.2 Å². The van der Waals surface area contributed by atoms with Gasteiger partial charge in [0.15, 0.2) is 12.1 Å². The molecule has 0 saturated carbocycles. The molecule has 18 heteroatoms. The molecule has 2 aliphatic heterocycles. The SMILES string of the molecule is C=C/C=C/C=C/C=C/C=C/C=C/C=C/C(CC1OC(O)(CC(O)C(O)CCC(O)CC(=O)CC(O)CC(=O)OC(C)C(C)C(O)C(C)C)CC(O)C1C(=O)O)OC1OC[C@@H](O)[C@H](N)[C@@H]1O. The van der Waals surface area contributed by atoms with Gasteiger partial charge in [-0.2, -0.15) is 0 Å². The van der Waals surface area contributed by atoms with Crippen LogP contribution in [0, 0.1) is 17.8 Å². The Morgan fingerprint density at radius 3 is 1.94 bits per heavy atom. The van der Waals surface area contributed by atoms with Crippen molar-refractivity contribution in [2.24, 2.45) is 23.5 Å². The third-order valence-corrected chi connectivity index (χ3v) is 11.3. The minimum atomic E-state index is -2.37. The van der Waals surface area contributed by atoms with Gasteiger partial charge in [0.1, 0.15) is 23.9 Å². The molecular weight excluding hydrogens is 851 g/mol. The highest BCUT2D eigenvalue weighted by Crippen LogP contribution is 2.38. The van der Waals surface area contributed by atoms with Gasteiger partial charge in [-0.3, -0.25) is 14.4 Å². The largest absolute Gasteiger partial charge is 0.481 e. The zero-order valence-electron chi connectivity index (χ0n) is 37.7. The Morgan fingerprint density at radius 2 is 1.37 bits per heavy atom. The van der Waals surface area contributed by atoms with Crippen LogP contribution >= 0.6 is 0 Å². The Kier molecular flexibility index (Phi) is 25.7. The molecule has 0 aromatic rings. The van der Waals surface area contributed by atoms with Crippen molar-refractivity contribution in [3.8, 4) is 0 Å². The molecule has 2 fully saturated rings. The zero-order valence-corrected chi connectivity index (χ0v) is 37.7. The number of hydrogen-bond acceptors (Lipinski definition) is 17. The lowest BCUT2D eigenvalue weighted by atomic mass is 9.82. The number of aliphatic carboxylic acids is 1. The summed E-state index contributed by atoms with van der Waals surface area (Å²) in [6.45, 7) is 10.3. The van der Waals surface area contributed by atoms with E-state index in [1.54, 1.807) is 62.5 Å². The van der Waals surface area contributed by atoms with E-state index >= 15 is 0 Å². The number of nitrogens with two attached hydrogens (primary N) is 1. The summed E-state index contributed by atoms with van der Waals surface area (Å²) in [5.74, 6) is -7.21.